The lowest BCUT2D eigenvalue weighted by molar-refractivity contribution is 0.129. The highest BCUT2D eigenvalue weighted by Gasteiger charge is 2.17. The van der Waals surface area contributed by atoms with E-state index in [1.54, 1.807) is 13.8 Å². The Morgan fingerprint density at radius 2 is 2.09 bits per heavy atom. The summed E-state index contributed by atoms with van der Waals surface area (Å²) in [4.78, 5) is 0.709. The molecule has 1 N–H and O–H groups in total. The van der Waals surface area contributed by atoms with E-state index in [0.717, 1.165) is 4.24 Å². The lowest BCUT2D eigenvalue weighted by Crippen LogP contribution is -2.18. The topological polar surface area (TPSA) is 20.2 Å². The molecule has 0 aromatic carbocycles. The number of aliphatic hydroxyl groups is 1. The van der Waals surface area contributed by atoms with Crippen LogP contribution in [0.4, 0.5) is 0 Å². The highest BCUT2D eigenvalue weighted by molar-refractivity contribution is 8.18. The number of thiol groups is 1. The van der Waals surface area contributed by atoms with Gasteiger partial charge in [-0.3, -0.25) is 0 Å². The van der Waals surface area contributed by atoms with E-state index in [9.17, 15) is 5.11 Å². The molecule has 0 amide bonds. The van der Waals surface area contributed by atoms with Crippen molar-refractivity contribution >= 4 is 24.4 Å². The zero-order valence-corrected chi connectivity index (χ0v) is 8.80. The maximum Gasteiger partial charge on any atom is 0.0896 e. The van der Waals surface area contributed by atoms with Gasteiger partial charge in [0, 0.05) is 9.14 Å². The maximum atomic E-state index is 9.45. The molecule has 0 bridgehead atoms. The minimum Gasteiger partial charge on any atom is -0.385 e. The summed E-state index contributed by atoms with van der Waals surface area (Å²) in [6.45, 7) is 9.05. The molecule has 0 aromatic rings. The summed E-state index contributed by atoms with van der Waals surface area (Å²) in [5, 5.41) is 9.45. The summed E-state index contributed by atoms with van der Waals surface area (Å²) in [6, 6.07) is 0. The molecule has 0 saturated heterocycles. The van der Waals surface area contributed by atoms with Crippen molar-refractivity contribution in [2.45, 2.75) is 26.4 Å². The molecule has 0 rings (SSSR count). The van der Waals surface area contributed by atoms with E-state index >= 15 is 0 Å². The molecule has 0 fully saturated rings. The van der Waals surface area contributed by atoms with E-state index in [-0.39, 0.29) is 0 Å². The summed E-state index contributed by atoms with van der Waals surface area (Å²) < 4.78 is 0.858. The van der Waals surface area contributed by atoms with Crippen LogP contribution in [0.2, 0.25) is 0 Å². The van der Waals surface area contributed by atoms with Crippen LogP contribution in [-0.2, 0) is 0 Å². The fraction of sp³-hybridized carbons (Fsp3) is 0.500. The number of thioether (sulfide) groups is 1. The van der Waals surface area contributed by atoms with Crippen LogP contribution in [0.3, 0.4) is 0 Å². The number of rotatable bonds is 3. The summed E-state index contributed by atoms with van der Waals surface area (Å²) >= 11 is 5.54. The van der Waals surface area contributed by atoms with Crippen molar-refractivity contribution in [1.82, 2.24) is 0 Å². The highest BCUT2D eigenvalue weighted by Crippen LogP contribution is 2.33. The van der Waals surface area contributed by atoms with Gasteiger partial charge in [0.2, 0.25) is 0 Å². The van der Waals surface area contributed by atoms with Crippen molar-refractivity contribution in [3.05, 3.63) is 21.8 Å². The Morgan fingerprint density at radius 3 is 2.36 bits per heavy atom. The highest BCUT2D eigenvalue weighted by atomic mass is 32.2. The smallest absolute Gasteiger partial charge is 0.0896 e. The molecular weight excluding hydrogens is 176 g/mol. The van der Waals surface area contributed by atoms with Crippen molar-refractivity contribution in [3.63, 3.8) is 0 Å². The number of hydrogen-bond donors (Lipinski definition) is 2. The van der Waals surface area contributed by atoms with Gasteiger partial charge in [0.05, 0.1) is 5.60 Å². The molecule has 0 aliphatic heterocycles. The van der Waals surface area contributed by atoms with Crippen molar-refractivity contribution in [1.29, 1.82) is 0 Å². The van der Waals surface area contributed by atoms with Crippen molar-refractivity contribution in [2.75, 3.05) is 0 Å². The third kappa shape index (κ3) is 4.56. The molecule has 64 valence electrons. The summed E-state index contributed by atoms with van der Waals surface area (Å²) in [7, 11) is 0. The Kier molecular flexibility index (Phi) is 4.29. The van der Waals surface area contributed by atoms with Crippen LogP contribution in [0.5, 0.6) is 0 Å². The van der Waals surface area contributed by atoms with Gasteiger partial charge in [-0.25, -0.2) is 0 Å². The second kappa shape index (κ2) is 4.24. The fourth-order valence-corrected chi connectivity index (χ4v) is 1.26. The average Bonchev–Trinajstić information content (AvgIpc) is 1.85. The van der Waals surface area contributed by atoms with Gasteiger partial charge >= 0.3 is 0 Å². The van der Waals surface area contributed by atoms with Gasteiger partial charge in [-0.1, -0.05) is 24.4 Å². The Labute approximate surface area is 78.0 Å². The minimum atomic E-state index is -0.832. The van der Waals surface area contributed by atoms with Gasteiger partial charge in [0.1, 0.15) is 0 Å². The number of hydrogen-bond acceptors (Lipinski definition) is 3. The predicted molar refractivity (Wildman–Crippen MR) is 55.8 cm³/mol. The second-order valence-electron chi connectivity index (χ2n) is 2.71. The molecule has 0 saturated carbocycles. The van der Waals surface area contributed by atoms with E-state index in [4.69, 9.17) is 0 Å². The average molecular weight is 190 g/mol. The van der Waals surface area contributed by atoms with Crippen LogP contribution in [0, 0.1) is 0 Å². The first-order chi connectivity index (χ1) is 4.88. The molecule has 0 spiro atoms. The molecule has 0 unspecified atom stereocenters. The van der Waals surface area contributed by atoms with Gasteiger partial charge in [0.15, 0.2) is 0 Å². The number of allylic oxidation sites excluding steroid dienone is 1. The van der Waals surface area contributed by atoms with Gasteiger partial charge in [0.25, 0.3) is 0 Å². The van der Waals surface area contributed by atoms with Crippen LogP contribution in [0.25, 0.3) is 0 Å². The Balaban J connectivity index is 4.10. The monoisotopic (exact) mass is 190 g/mol. The minimum absolute atomic E-state index is 0.709. The van der Waals surface area contributed by atoms with Gasteiger partial charge in [-0.15, -0.1) is 12.6 Å². The first kappa shape index (κ1) is 11.1. The lowest BCUT2D eigenvalue weighted by Gasteiger charge is -2.19. The molecule has 1 nitrogen and oxygen atoms in total. The third-order valence-electron chi connectivity index (χ3n) is 1.16. The summed E-state index contributed by atoms with van der Waals surface area (Å²) in [5.41, 5.74) is -0.832. The van der Waals surface area contributed by atoms with Crippen LogP contribution < -0.4 is 0 Å². The summed E-state index contributed by atoms with van der Waals surface area (Å²) in [5.74, 6) is 0. The largest absolute Gasteiger partial charge is 0.385 e. The molecule has 0 radical (unpaired) electrons. The van der Waals surface area contributed by atoms with Crippen molar-refractivity contribution in [2.24, 2.45) is 0 Å². The molecule has 11 heavy (non-hydrogen) atoms. The molecule has 0 aliphatic carbocycles. The van der Waals surface area contributed by atoms with Gasteiger partial charge in [-0.05, 0) is 20.8 Å². The predicted octanol–water partition coefficient (Wildman–Crippen LogP) is 2.80. The zero-order chi connectivity index (χ0) is 9.07. The summed E-state index contributed by atoms with van der Waals surface area (Å²) in [6.07, 6.45) is 1.87. The van der Waals surface area contributed by atoms with Crippen LogP contribution in [0.15, 0.2) is 21.8 Å². The standard InChI is InChI=1S/C8H14OS2/c1-5-7(10)11-6(2)8(3,4)9/h5,9-10H,2H2,1,3-4H3/b7-5-. The SMILES string of the molecule is C=C(S/C(S)=C\C)C(C)(C)O. The second-order valence-corrected chi connectivity index (χ2v) is 4.63. The Bertz CT molecular complexity index is 177. The van der Waals surface area contributed by atoms with E-state index in [1.165, 1.54) is 11.8 Å². The zero-order valence-electron chi connectivity index (χ0n) is 7.09. The first-order valence-corrected chi connectivity index (χ1v) is 4.59. The molecule has 0 heterocycles. The van der Waals surface area contributed by atoms with E-state index in [1.807, 2.05) is 13.0 Å². The lowest BCUT2D eigenvalue weighted by atomic mass is 10.1. The first-order valence-electron chi connectivity index (χ1n) is 3.33. The van der Waals surface area contributed by atoms with Crippen molar-refractivity contribution < 1.29 is 5.11 Å². The molecule has 0 aromatic heterocycles. The normalized spacial score (nSPS) is 13.4. The Hall–Kier alpha value is 0.140. The van der Waals surface area contributed by atoms with Crippen molar-refractivity contribution in [3.8, 4) is 0 Å². The quantitative estimate of drug-likeness (QED) is 0.667. The molecule has 3 heteroatoms. The molecule has 0 atom stereocenters. The van der Waals surface area contributed by atoms with E-state index < -0.39 is 5.60 Å². The third-order valence-corrected chi connectivity index (χ3v) is 2.88. The Morgan fingerprint density at radius 1 is 1.64 bits per heavy atom. The van der Waals surface area contributed by atoms with Gasteiger partial charge in [-0.2, -0.15) is 0 Å². The van der Waals surface area contributed by atoms with Gasteiger partial charge < -0.3 is 5.11 Å². The van der Waals surface area contributed by atoms with Crippen LogP contribution >= 0.6 is 24.4 Å². The fourth-order valence-electron chi connectivity index (χ4n) is 0.310. The maximum absolute atomic E-state index is 9.45. The van der Waals surface area contributed by atoms with E-state index in [2.05, 4.69) is 19.2 Å². The van der Waals surface area contributed by atoms with Crippen LogP contribution in [0.1, 0.15) is 20.8 Å². The molecule has 0 aliphatic rings. The van der Waals surface area contributed by atoms with E-state index in [0.29, 0.717) is 4.91 Å². The molecular formula is C8H14OS2. The van der Waals surface area contributed by atoms with Crippen LogP contribution in [-0.4, -0.2) is 10.7 Å².